The summed E-state index contributed by atoms with van der Waals surface area (Å²) >= 11 is 0. The lowest BCUT2D eigenvalue weighted by atomic mass is 9.68. The topological polar surface area (TPSA) is 37.3 Å². The Balaban J connectivity index is 2.74. The van der Waals surface area contributed by atoms with Gasteiger partial charge >= 0.3 is 5.97 Å². The van der Waals surface area contributed by atoms with E-state index in [2.05, 4.69) is 20.8 Å². The van der Waals surface area contributed by atoms with Crippen molar-refractivity contribution < 1.29 is 9.90 Å². The van der Waals surface area contributed by atoms with E-state index in [1.54, 1.807) is 0 Å². The molecule has 0 aromatic carbocycles. The summed E-state index contributed by atoms with van der Waals surface area (Å²) in [6, 6.07) is 0. The maximum atomic E-state index is 11.1. The fourth-order valence-electron chi connectivity index (χ4n) is 2.63. The summed E-state index contributed by atoms with van der Waals surface area (Å²) in [6.07, 6.45) is 3.38. The van der Waals surface area contributed by atoms with Crippen molar-refractivity contribution in [3.63, 3.8) is 0 Å². The predicted molar refractivity (Wildman–Crippen MR) is 52.5 cm³/mol. The van der Waals surface area contributed by atoms with Gasteiger partial charge in [-0.1, -0.05) is 27.2 Å². The molecule has 0 bridgehead atoms. The van der Waals surface area contributed by atoms with Crippen LogP contribution >= 0.6 is 0 Å². The SMILES string of the molecule is CC(C)C1CCCC(C)C1C(=O)O. The van der Waals surface area contributed by atoms with E-state index >= 15 is 0 Å². The highest BCUT2D eigenvalue weighted by Gasteiger charge is 2.37. The van der Waals surface area contributed by atoms with Crippen LogP contribution in [0.2, 0.25) is 0 Å². The zero-order valence-electron chi connectivity index (χ0n) is 8.79. The van der Waals surface area contributed by atoms with Crippen molar-refractivity contribution in [2.45, 2.75) is 40.0 Å². The summed E-state index contributed by atoms with van der Waals surface area (Å²) in [6.45, 7) is 6.35. The highest BCUT2D eigenvalue weighted by Crippen LogP contribution is 2.38. The molecule has 2 nitrogen and oxygen atoms in total. The van der Waals surface area contributed by atoms with Gasteiger partial charge in [-0.05, 0) is 30.6 Å². The van der Waals surface area contributed by atoms with Crippen LogP contribution in [0.4, 0.5) is 0 Å². The summed E-state index contributed by atoms with van der Waals surface area (Å²) < 4.78 is 0. The van der Waals surface area contributed by atoms with Crippen LogP contribution in [0.1, 0.15) is 40.0 Å². The highest BCUT2D eigenvalue weighted by atomic mass is 16.4. The molecule has 13 heavy (non-hydrogen) atoms. The van der Waals surface area contributed by atoms with Gasteiger partial charge in [0.1, 0.15) is 0 Å². The maximum Gasteiger partial charge on any atom is 0.307 e. The van der Waals surface area contributed by atoms with E-state index < -0.39 is 5.97 Å². The van der Waals surface area contributed by atoms with E-state index in [0.717, 1.165) is 12.8 Å². The van der Waals surface area contributed by atoms with E-state index in [9.17, 15) is 4.79 Å². The van der Waals surface area contributed by atoms with E-state index in [4.69, 9.17) is 5.11 Å². The number of carboxylic acids is 1. The Morgan fingerprint density at radius 3 is 2.38 bits per heavy atom. The Kier molecular flexibility index (Phi) is 3.34. The largest absolute Gasteiger partial charge is 0.481 e. The van der Waals surface area contributed by atoms with Crippen molar-refractivity contribution in [3.8, 4) is 0 Å². The van der Waals surface area contributed by atoms with Crippen molar-refractivity contribution >= 4 is 5.97 Å². The zero-order chi connectivity index (χ0) is 10.0. The van der Waals surface area contributed by atoms with Gasteiger partial charge in [-0.2, -0.15) is 0 Å². The first-order valence-electron chi connectivity index (χ1n) is 5.26. The smallest absolute Gasteiger partial charge is 0.307 e. The molecule has 1 aliphatic rings. The molecule has 0 aromatic rings. The molecule has 0 spiro atoms. The lowest BCUT2D eigenvalue weighted by Gasteiger charge is -2.36. The van der Waals surface area contributed by atoms with Gasteiger partial charge in [0.15, 0.2) is 0 Å². The Morgan fingerprint density at radius 1 is 1.38 bits per heavy atom. The molecule has 1 saturated carbocycles. The van der Waals surface area contributed by atoms with Gasteiger partial charge in [-0.3, -0.25) is 4.79 Å². The summed E-state index contributed by atoms with van der Waals surface area (Å²) in [5.74, 6) is 0.559. The Hall–Kier alpha value is -0.530. The first kappa shape index (κ1) is 10.6. The summed E-state index contributed by atoms with van der Waals surface area (Å²) in [5, 5.41) is 9.13. The Bertz CT molecular complexity index is 187. The molecule has 0 amide bonds. The predicted octanol–water partition coefficient (Wildman–Crippen LogP) is 2.78. The van der Waals surface area contributed by atoms with E-state index in [1.165, 1.54) is 6.42 Å². The second kappa shape index (κ2) is 4.12. The number of aliphatic carboxylic acids is 1. The molecular formula is C11H20O2. The van der Waals surface area contributed by atoms with Gasteiger partial charge in [0.25, 0.3) is 0 Å². The second-order valence-electron chi connectivity index (χ2n) is 4.68. The minimum absolute atomic E-state index is 0.103. The number of rotatable bonds is 2. The van der Waals surface area contributed by atoms with Crippen LogP contribution in [0.25, 0.3) is 0 Å². The molecule has 0 aromatic heterocycles. The van der Waals surface area contributed by atoms with E-state index in [0.29, 0.717) is 17.8 Å². The number of carboxylic acid groups (broad SMARTS) is 1. The van der Waals surface area contributed by atoms with Crippen molar-refractivity contribution in [1.82, 2.24) is 0 Å². The molecule has 1 aliphatic carbocycles. The van der Waals surface area contributed by atoms with Crippen LogP contribution in [-0.4, -0.2) is 11.1 Å². The maximum absolute atomic E-state index is 11.1. The highest BCUT2D eigenvalue weighted by molar-refractivity contribution is 5.70. The molecular weight excluding hydrogens is 164 g/mol. The summed E-state index contributed by atoms with van der Waals surface area (Å²) in [4.78, 5) is 11.1. The van der Waals surface area contributed by atoms with Gasteiger partial charge in [-0.25, -0.2) is 0 Å². The van der Waals surface area contributed by atoms with Crippen LogP contribution in [0.15, 0.2) is 0 Å². The van der Waals surface area contributed by atoms with Crippen LogP contribution in [-0.2, 0) is 4.79 Å². The molecule has 1 N–H and O–H groups in total. The van der Waals surface area contributed by atoms with Crippen molar-refractivity contribution in [2.75, 3.05) is 0 Å². The fraction of sp³-hybridized carbons (Fsp3) is 0.909. The molecule has 0 aliphatic heterocycles. The molecule has 0 heterocycles. The van der Waals surface area contributed by atoms with Gasteiger partial charge < -0.3 is 5.11 Å². The van der Waals surface area contributed by atoms with Gasteiger partial charge in [0.05, 0.1) is 5.92 Å². The lowest BCUT2D eigenvalue weighted by molar-refractivity contribution is -0.148. The molecule has 0 saturated heterocycles. The number of hydrogen-bond donors (Lipinski definition) is 1. The van der Waals surface area contributed by atoms with Crippen molar-refractivity contribution in [3.05, 3.63) is 0 Å². The fourth-order valence-corrected chi connectivity index (χ4v) is 2.63. The third kappa shape index (κ3) is 2.23. The minimum Gasteiger partial charge on any atom is -0.481 e. The van der Waals surface area contributed by atoms with Gasteiger partial charge in [0.2, 0.25) is 0 Å². The van der Waals surface area contributed by atoms with Crippen LogP contribution < -0.4 is 0 Å². The van der Waals surface area contributed by atoms with Crippen LogP contribution in [0.5, 0.6) is 0 Å². The monoisotopic (exact) mass is 184 g/mol. The molecule has 76 valence electrons. The molecule has 1 fully saturated rings. The first-order chi connectivity index (χ1) is 6.04. The van der Waals surface area contributed by atoms with Gasteiger partial charge in [-0.15, -0.1) is 0 Å². The third-order valence-corrected chi connectivity index (χ3v) is 3.41. The van der Waals surface area contributed by atoms with Crippen LogP contribution in [0, 0.1) is 23.7 Å². The number of hydrogen-bond acceptors (Lipinski definition) is 1. The second-order valence-corrected chi connectivity index (χ2v) is 4.68. The number of carbonyl (C=O) groups is 1. The molecule has 2 heteroatoms. The molecule has 3 unspecified atom stereocenters. The molecule has 1 rings (SSSR count). The van der Waals surface area contributed by atoms with E-state index in [1.807, 2.05) is 0 Å². The summed E-state index contributed by atoms with van der Waals surface area (Å²) in [5.41, 5.74) is 0. The van der Waals surface area contributed by atoms with E-state index in [-0.39, 0.29) is 5.92 Å². The van der Waals surface area contributed by atoms with Gasteiger partial charge in [0, 0.05) is 0 Å². The normalized spacial score (nSPS) is 34.9. The van der Waals surface area contributed by atoms with Crippen molar-refractivity contribution in [2.24, 2.45) is 23.7 Å². The first-order valence-corrected chi connectivity index (χ1v) is 5.26. The van der Waals surface area contributed by atoms with Crippen molar-refractivity contribution in [1.29, 1.82) is 0 Å². The molecule has 3 atom stereocenters. The zero-order valence-corrected chi connectivity index (χ0v) is 8.79. The Labute approximate surface area is 80.3 Å². The third-order valence-electron chi connectivity index (χ3n) is 3.41. The molecule has 0 radical (unpaired) electrons. The average Bonchev–Trinajstić information content (AvgIpc) is 2.02. The quantitative estimate of drug-likeness (QED) is 0.716. The minimum atomic E-state index is -0.592. The lowest BCUT2D eigenvalue weighted by Crippen LogP contribution is -2.35. The summed E-state index contributed by atoms with van der Waals surface area (Å²) in [7, 11) is 0. The average molecular weight is 184 g/mol. The Morgan fingerprint density at radius 2 is 2.00 bits per heavy atom. The van der Waals surface area contributed by atoms with Crippen LogP contribution in [0.3, 0.4) is 0 Å². The standard InChI is InChI=1S/C11H20O2/c1-7(2)9-6-4-5-8(3)10(9)11(12)13/h7-10H,4-6H2,1-3H3,(H,12,13).